The van der Waals surface area contributed by atoms with E-state index in [1.54, 1.807) is 5.57 Å². The maximum absolute atomic E-state index is 4.41. The molecule has 1 aliphatic rings. The average molecular weight is 244 g/mol. The van der Waals surface area contributed by atoms with Gasteiger partial charge in [0.25, 0.3) is 0 Å². The highest BCUT2D eigenvalue weighted by molar-refractivity contribution is 5.14. The molecular formula is C16H24N2. The molecule has 0 saturated heterocycles. The number of nitrogens with zero attached hydrogens (tertiary/aromatic N) is 1. The lowest BCUT2D eigenvalue weighted by Crippen LogP contribution is -2.32. The van der Waals surface area contributed by atoms with E-state index in [4.69, 9.17) is 0 Å². The zero-order valence-electron chi connectivity index (χ0n) is 11.4. The Morgan fingerprint density at radius 2 is 2.28 bits per heavy atom. The Hall–Kier alpha value is -1.15. The number of hydrogen-bond acceptors (Lipinski definition) is 2. The van der Waals surface area contributed by atoms with Gasteiger partial charge in [-0.05, 0) is 57.2 Å². The van der Waals surface area contributed by atoms with E-state index in [0.717, 1.165) is 19.4 Å². The van der Waals surface area contributed by atoms with Gasteiger partial charge in [0.2, 0.25) is 0 Å². The maximum Gasteiger partial charge on any atom is 0.0404 e. The second kappa shape index (κ2) is 7.32. The molecule has 98 valence electrons. The van der Waals surface area contributed by atoms with Crippen LogP contribution in [0.25, 0.3) is 0 Å². The Morgan fingerprint density at radius 3 is 2.94 bits per heavy atom. The minimum absolute atomic E-state index is 0.553. The fourth-order valence-electron chi connectivity index (χ4n) is 2.68. The summed E-state index contributed by atoms with van der Waals surface area (Å²) in [5.41, 5.74) is 2.83. The van der Waals surface area contributed by atoms with E-state index in [2.05, 4.69) is 35.4 Å². The zero-order valence-corrected chi connectivity index (χ0v) is 11.4. The summed E-state index contributed by atoms with van der Waals surface area (Å²) in [6, 6.07) is 6.73. The minimum Gasteiger partial charge on any atom is -0.311 e. The second-order valence-electron chi connectivity index (χ2n) is 4.99. The number of aromatic nitrogens is 1. The van der Waals surface area contributed by atoms with Crippen LogP contribution in [0.2, 0.25) is 0 Å². The van der Waals surface area contributed by atoms with Gasteiger partial charge in [0, 0.05) is 17.9 Å². The van der Waals surface area contributed by atoms with Crippen LogP contribution in [0.15, 0.2) is 36.0 Å². The van der Waals surface area contributed by atoms with Crippen molar-refractivity contribution in [1.82, 2.24) is 10.3 Å². The Morgan fingerprint density at radius 1 is 1.33 bits per heavy atom. The molecule has 0 amide bonds. The highest BCUT2D eigenvalue weighted by atomic mass is 14.9. The van der Waals surface area contributed by atoms with Gasteiger partial charge in [-0.3, -0.25) is 4.98 Å². The summed E-state index contributed by atoms with van der Waals surface area (Å²) >= 11 is 0. The van der Waals surface area contributed by atoms with E-state index < -0.39 is 0 Å². The molecule has 1 atom stereocenters. The summed E-state index contributed by atoms with van der Waals surface area (Å²) in [4.78, 5) is 4.41. The molecule has 0 spiro atoms. The molecule has 2 nitrogen and oxygen atoms in total. The first-order valence-electron chi connectivity index (χ1n) is 7.22. The van der Waals surface area contributed by atoms with Crippen LogP contribution in [-0.4, -0.2) is 17.6 Å². The predicted octanol–water partition coefficient (Wildman–Crippen LogP) is 3.49. The van der Waals surface area contributed by atoms with Crippen molar-refractivity contribution in [2.45, 2.75) is 51.5 Å². The highest BCUT2D eigenvalue weighted by Crippen LogP contribution is 2.22. The summed E-state index contributed by atoms with van der Waals surface area (Å²) in [6.07, 6.45) is 11.8. The van der Waals surface area contributed by atoms with Gasteiger partial charge in [0.1, 0.15) is 0 Å². The van der Waals surface area contributed by atoms with E-state index in [0.29, 0.717) is 6.04 Å². The van der Waals surface area contributed by atoms with Crippen LogP contribution < -0.4 is 5.32 Å². The van der Waals surface area contributed by atoms with Crippen molar-refractivity contribution in [2.24, 2.45) is 0 Å². The number of pyridine rings is 1. The van der Waals surface area contributed by atoms with Gasteiger partial charge in [-0.2, -0.15) is 0 Å². The third-order valence-electron chi connectivity index (χ3n) is 3.64. The van der Waals surface area contributed by atoms with Crippen molar-refractivity contribution in [3.8, 4) is 0 Å². The maximum atomic E-state index is 4.41. The van der Waals surface area contributed by atoms with Crippen LogP contribution in [0.1, 0.15) is 44.7 Å². The molecule has 1 N–H and O–H groups in total. The molecule has 2 rings (SSSR count). The molecule has 0 aromatic carbocycles. The summed E-state index contributed by atoms with van der Waals surface area (Å²) < 4.78 is 0. The first kappa shape index (κ1) is 13.3. The van der Waals surface area contributed by atoms with E-state index in [1.807, 2.05) is 12.3 Å². The van der Waals surface area contributed by atoms with Gasteiger partial charge >= 0.3 is 0 Å². The Kier molecular flexibility index (Phi) is 5.40. The van der Waals surface area contributed by atoms with Crippen molar-refractivity contribution in [1.29, 1.82) is 0 Å². The number of aryl methyl sites for hydroxylation is 1. The first-order chi connectivity index (χ1) is 8.90. The molecule has 1 unspecified atom stereocenters. The molecule has 1 aromatic rings. The molecule has 2 heteroatoms. The van der Waals surface area contributed by atoms with Crippen molar-refractivity contribution in [3.63, 3.8) is 0 Å². The summed E-state index contributed by atoms with van der Waals surface area (Å²) in [5.74, 6) is 0. The topological polar surface area (TPSA) is 24.9 Å². The fourth-order valence-corrected chi connectivity index (χ4v) is 2.68. The molecule has 0 bridgehead atoms. The third kappa shape index (κ3) is 3.95. The average Bonchev–Trinajstić information content (AvgIpc) is 2.45. The van der Waals surface area contributed by atoms with Crippen LogP contribution in [0.3, 0.4) is 0 Å². The van der Waals surface area contributed by atoms with E-state index in [-0.39, 0.29) is 0 Å². The lowest BCUT2D eigenvalue weighted by Gasteiger charge is -2.24. The van der Waals surface area contributed by atoms with E-state index in [9.17, 15) is 0 Å². The lowest BCUT2D eigenvalue weighted by molar-refractivity contribution is 0.513. The van der Waals surface area contributed by atoms with E-state index in [1.165, 1.54) is 31.4 Å². The van der Waals surface area contributed by atoms with Crippen LogP contribution >= 0.6 is 0 Å². The zero-order chi connectivity index (χ0) is 12.6. The largest absolute Gasteiger partial charge is 0.311 e. The number of hydrogen-bond donors (Lipinski definition) is 1. The highest BCUT2D eigenvalue weighted by Gasteiger charge is 2.15. The van der Waals surface area contributed by atoms with Gasteiger partial charge in [0.05, 0.1) is 0 Å². The molecule has 1 aromatic heterocycles. The molecular weight excluding hydrogens is 220 g/mol. The van der Waals surface area contributed by atoms with Crippen LogP contribution in [0.4, 0.5) is 0 Å². The van der Waals surface area contributed by atoms with Gasteiger partial charge in [-0.25, -0.2) is 0 Å². The quantitative estimate of drug-likeness (QED) is 0.775. The van der Waals surface area contributed by atoms with Gasteiger partial charge < -0.3 is 5.32 Å². The van der Waals surface area contributed by atoms with Gasteiger partial charge in [-0.15, -0.1) is 0 Å². The molecule has 1 heterocycles. The molecule has 0 radical (unpaired) electrons. The normalized spacial score (nSPS) is 17.3. The monoisotopic (exact) mass is 244 g/mol. The Balaban J connectivity index is 1.91. The third-order valence-corrected chi connectivity index (χ3v) is 3.64. The van der Waals surface area contributed by atoms with Crippen LogP contribution in [-0.2, 0) is 6.42 Å². The molecule has 0 fully saturated rings. The van der Waals surface area contributed by atoms with Gasteiger partial charge in [0.15, 0.2) is 0 Å². The van der Waals surface area contributed by atoms with Crippen molar-refractivity contribution in [3.05, 3.63) is 41.7 Å². The Labute approximate surface area is 111 Å². The molecule has 1 aliphatic carbocycles. The number of rotatable bonds is 6. The standard InChI is InChI=1S/C16H24N2/c1-2-17-16(14-8-4-3-5-9-14)12-11-15-10-6-7-13-18-15/h6-8,10,13,16-17H,2-5,9,11-12H2,1H3. The number of likely N-dealkylation sites (N-methyl/N-ethyl adjacent to an activating group) is 1. The van der Waals surface area contributed by atoms with Crippen molar-refractivity contribution >= 4 is 0 Å². The van der Waals surface area contributed by atoms with Crippen LogP contribution in [0.5, 0.6) is 0 Å². The van der Waals surface area contributed by atoms with Crippen LogP contribution in [0, 0.1) is 0 Å². The van der Waals surface area contributed by atoms with Gasteiger partial charge in [-0.1, -0.05) is 24.6 Å². The number of allylic oxidation sites excluding steroid dienone is 1. The SMILES string of the molecule is CCNC(CCc1ccccn1)C1=CCCCC1. The first-order valence-corrected chi connectivity index (χ1v) is 7.22. The molecule has 18 heavy (non-hydrogen) atoms. The lowest BCUT2D eigenvalue weighted by atomic mass is 9.91. The van der Waals surface area contributed by atoms with Crippen molar-refractivity contribution < 1.29 is 0 Å². The Bertz CT molecular complexity index is 370. The number of nitrogens with one attached hydrogen (secondary N) is 1. The van der Waals surface area contributed by atoms with Crippen molar-refractivity contribution in [2.75, 3.05) is 6.54 Å². The molecule has 0 saturated carbocycles. The molecule has 0 aliphatic heterocycles. The predicted molar refractivity (Wildman–Crippen MR) is 76.6 cm³/mol. The second-order valence-corrected chi connectivity index (χ2v) is 4.99. The fraction of sp³-hybridized carbons (Fsp3) is 0.562. The summed E-state index contributed by atoms with van der Waals surface area (Å²) in [7, 11) is 0. The summed E-state index contributed by atoms with van der Waals surface area (Å²) in [5, 5.41) is 3.63. The minimum atomic E-state index is 0.553. The summed E-state index contributed by atoms with van der Waals surface area (Å²) in [6.45, 7) is 3.24. The smallest absolute Gasteiger partial charge is 0.0404 e. The van der Waals surface area contributed by atoms with E-state index >= 15 is 0 Å².